The molecule has 0 saturated carbocycles. The lowest BCUT2D eigenvalue weighted by molar-refractivity contribution is 0.297. The van der Waals surface area contributed by atoms with Crippen molar-refractivity contribution < 1.29 is 14.3 Å². The van der Waals surface area contributed by atoms with Crippen LogP contribution in [0.1, 0.15) is 11.1 Å². The quantitative estimate of drug-likeness (QED) is 0.369. The Hall–Kier alpha value is -1.79. The van der Waals surface area contributed by atoms with Crippen molar-refractivity contribution in [1.82, 2.24) is 0 Å². The summed E-state index contributed by atoms with van der Waals surface area (Å²) in [4.78, 5) is 0. The molecule has 21 heavy (non-hydrogen) atoms. The van der Waals surface area contributed by atoms with Gasteiger partial charge in [0.25, 0.3) is 0 Å². The third-order valence-corrected chi connectivity index (χ3v) is 3.44. The molecule has 2 aromatic carbocycles. The minimum Gasteiger partial charge on any atom is -0.488 e. The van der Waals surface area contributed by atoms with Gasteiger partial charge in [-0.1, -0.05) is 32.7 Å². The van der Waals surface area contributed by atoms with Gasteiger partial charge in [-0.25, -0.2) is 4.39 Å². The van der Waals surface area contributed by atoms with E-state index in [1.807, 2.05) is 0 Å². The summed E-state index contributed by atoms with van der Waals surface area (Å²) >= 11 is 9.11. The fourth-order valence-electron chi connectivity index (χ4n) is 1.69. The lowest BCUT2D eigenvalue weighted by atomic mass is 10.2. The van der Waals surface area contributed by atoms with E-state index in [2.05, 4.69) is 21.1 Å². The molecule has 110 valence electrons. The van der Waals surface area contributed by atoms with Crippen molar-refractivity contribution in [2.24, 2.45) is 10.9 Å². The highest BCUT2D eigenvalue weighted by Gasteiger charge is 2.11. The lowest BCUT2D eigenvalue weighted by Gasteiger charge is -2.12. The number of amidine groups is 1. The summed E-state index contributed by atoms with van der Waals surface area (Å²) in [6, 6.07) is 9.23. The second-order valence-electron chi connectivity index (χ2n) is 4.15. The van der Waals surface area contributed by atoms with Gasteiger partial charge in [-0.3, -0.25) is 0 Å². The Morgan fingerprint density at radius 3 is 2.81 bits per heavy atom. The second-order valence-corrected chi connectivity index (χ2v) is 5.50. The Kier molecular flexibility index (Phi) is 5.03. The SMILES string of the molecule is N/C(=N/O)c1cc(Br)ccc1OCc1cc(Cl)ccc1F. The van der Waals surface area contributed by atoms with Crippen molar-refractivity contribution >= 4 is 33.4 Å². The first kappa shape index (κ1) is 15.6. The van der Waals surface area contributed by atoms with Crippen molar-refractivity contribution in [2.75, 3.05) is 0 Å². The van der Waals surface area contributed by atoms with Crippen LogP contribution in [-0.4, -0.2) is 11.0 Å². The molecule has 0 aliphatic heterocycles. The molecular weight excluding hydrogens is 363 g/mol. The van der Waals surface area contributed by atoms with E-state index < -0.39 is 5.82 Å². The molecular formula is C14H11BrClFN2O2. The summed E-state index contributed by atoms with van der Waals surface area (Å²) in [6.45, 7) is -0.0280. The van der Waals surface area contributed by atoms with Crippen LogP contribution >= 0.6 is 27.5 Å². The highest BCUT2D eigenvalue weighted by Crippen LogP contribution is 2.25. The highest BCUT2D eigenvalue weighted by atomic mass is 79.9. The fraction of sp³-hybridized carbons (Fsp3) is 0.0714. The van der Waals surface area contributed by atoms with Crippen LogP contribution < -0.4 is 10.5 Å². The second kappa shape index (κ2) is 6.78. The van der Waals surface area contributed by atoms with E-state index in [-0.39, 0.29) is 12.4 Å². The predicted octanol–water partition coefficient (Wildman–Crippen LogP) is 3.92. The fourth-order valence-corrected chi connectivity index (χ4v) is 2.25. The van der Waals surface area contributed by atoms with Gasteiger partial charge in [0.1, 0.15) is 18.2 Å². The predicted molar refractivity (Wildman–Crippen MR) is 82.4 cm³/mol. The highest BCUT2D eigenvalue weighted by molar-refractivity contribution is 9.10. The Bertz CT molecular complexity index is 695. The molecule has 0 spiro atoms. The standard InChI is InChI=1S/C14H11BrClFN2O2/c15-9-1-4-13(11(6-9)14(18)19-20)21-7-8-5-10(16)2-3-12(8)17/h1-6,20H,7H2,(H2,18,19). The molecule has 4 nitrogen and oxygen atoms in total. The van der Waals surface area contributed by atoms with Gasteiger partial charge in [0.2, 0.25) is 0 Å². The summed E-state index contributed by atoms with van der Waals surface area (Å²) in [5.41, 5.74) is 6.30. The molecule has 0 aliphatic rings. The normalized spacial score (nSPS) is 11.5. The topological polar surface area (TPSA) is 67.8 Å². The molecule has 2 rings (SSSR count). The largest absolute Gasteiger partial charge is 0.488 e. The Morgan fingerprint density at radius 2 is 2.10 bits per heavy atom. The van der Waals surface area contributed by atoms with E-state index in [1.165, 1.54) is 18.2 Å². The molecule has 0 fully saturated rings. The minimum absolute atomic E-state index is 0.0280. The van der Waals surface area contributed by atoms with Crippen LogP contribution in [0.2, 0.25) is 5.02 Å². The molecule has 0 amide bonds. The van der Waals surface area contributed by atoms with E-state index in [9.17, 15) is 4.39 Å². The Labute approximate surface area is 134 Å². The van der Waals surface area contributed by atoms with E-state index in [4.69, 9.17) is 27.3 Å². The van der Waals surface area contributed by atoms with Crippen molar-refractivity contribution in [2.45, 2.75) is 6.61 Å². The molecule has 0 heterocycles. The Morgan fingerprint density at radius 1 is 1.33 bits per heavy atom. The Balaban J connectivity index is 2.26. The maximum Gasteiger partial charge on any atom is 0.173 e. The molecule has 0 unspecified atom stereocenters. The third-order valence-electron chi connectivity index (χ3n) is 2.72. The zero-order chi connectivity index (χ0) is 15.4. The molecule has 2 aromatic rings. The van der Waals surface area contributed by atoms with Crippen molar-refractivity contribution in [3.8, 4) is 5.75 Å². The van der Waals surface area contributed by atoms with Crippen LogP contribution in [-0.2, 0) is 6.61 Å². The van der Waals surface area contributed by atoms with Gasteiger partial charge in [-0.2, -0.15) is 0 Å². The van der Waals surface area contributed by atoms with E-state index in [1.54, 1.807) is 18.2 Å². The number of hydrogen-bond acceptors (Lipinski definition) is 3. The van der Waals surface area contributed by atoms with Gasteiger partial charge in [0.15, 0.2) is 5.84 Å². The maximum atomic E-state index is 13.6. The summed E-state index contributed by atoms with van der Waals surface area (Å²) in [5, 5.41) is 12.1. The lowest BCUT2D eigenvalue weighted by Crippen LogP contribution is -2.15. The van der Waals surface area contributed by atoms with Gasteiger partial charge < -0.3 is 15.7 Å². The summed E-state index contributed by atoms with van der Waals surface area (Å²) in [7, 11) is 0. The minimum atomic E-state index is -0.415. The molecule has 3 N–H and O–H groups in total. The van der Waals surface area contributed by atoms with Crippen molar-refractivity contribution in [1.29, 1.82) is 0 Å². The van der Waals surface area contributed by atoms with Gasteiger partial charge >= 0.3 is 0 Å². The summed E-state index contributed by atoms with van der Waals surface area (Å²) < 4.78 is 19.9. The van der Waals surface area contributed by atoms with Gasteiger partial charge in [0.05, 0.1) is 5.56 Å². The van der Waals surface area contributed by atoms with E-state index >= 15 is 0 Å². The first-order valence-corrected chi connectivity index (χ1v) is 7.02. The molecule has 0 saturated heterocycles. The molecule has 0 aliphatic carbocycles. The third kappa shape index (κ3) is 3.86. The first-order valence-electron chi connectivity index (χ1n) is 5.85. The van der Waals surface area contributed by atoms with Crippen molar-refractivity contribution in [3.05, 3.63) is 62.8 Å². The van der Waals surface area contributed by atoms with Crippen LogP contribution in [0.15, 0.2) is 46.0 Å². The van der Waals surface area contributed by atoms with Gasteiger partial charge in [0, 0.05) is 15.1 Å². The van der Waals surface area contributed by atoms with E-state index in [0.29, 0.717) is 21.9 Å². The van der Waals surface area contributed by atoms with Crippen LogP contribution in [0, 0.1) is 5.82 Å². The van der Waals surface area contributed by atoms with Gasteiger partial charge in [-0.05, 0) is 36.4 Å². The average molecular weight is 374 g/mol. The number of nitrogens with two attached hydrogens (primary N) is 1. The first-order chi connectivity index (χ1) is 10.0. The zero-order valence-electron chi connectivity index (χ0n) is 10.7. The number of ether oxygens (including phenoxy) is 1. The smallest absolute Gasteiger partial charge is 0.173 e. The van der Waals surface area contributed by atoms with Gasteiger partial charge in [-0.15, -0.1) is 0 Å². The van der Waals surface area contributed by atoms with Crippen molar-refractivity contribution in [3.63, 3.8) is 0 Å². The number of benzene rings is 2. The summed E-state index contributed by atoms with van der Waals surface area (Å²) in [6.07, 6.45) is 0. The monoisotopic (exact) mass is 372 g/mol. The van der Waals surface area contributed by atoms with E-state index in [0.717, 1.165) is 4.47 Å². The zero-order valence-corrected chi connectivity index (χ0v) is 13.0. The molecule has 0 aromatic heterocycles. The summed E-state index contributed by atoms with van der Waals surface area (Å²) in [5.74, 6) is -0.146. The number of rotatable bonds is 4. The number of oxime groups is 1. The average Bonchev–Trinajstić information content (AvgIpc) is 2.48. The van der Waals surface area contributed by atoms with Crippen LogP contribution in [0.5, 0.6) is 5.75 Å². The molecule has 0 bridgehead atoms. The maximum absolute atomic E-state index is 13.6. The van der Waals surface area contributed by atoms with Crippen LogP contribution in [0.4, 0.5) is 4.39 Å². The molecule has 7 heteroatoms. The number of hydrogen-bond donors (Lipinski definition) is 2. The molecule has 0 atom stereocenters. The molecule has 0 radical (unpaired) electrons. The van der Waals surface area contributed by atoms with Crippen LogP contribution in [0.3, 0.4) is 0 Å². The number of nitrogens with zero attached hydrogens (tertiary/aromatic N) is 1. The number of halogens is 3. The van der Waals surface area contributed by atoms with Crippen LogP contribution in [0.25, 0.3) is 0 Å².